The Morgan fingerprint density at radius 3 is 2.59 bits per heavy atom. The molecule has 0 bridgehead atoms. The van der Waals surface area contributed by atoms with E-state index in [1.165, 1.54) is 10.6 Å². The third kappa shape index (κ3) is 4.41. The number of hydrogen-bond acceptors (Lipinski definition) is 5. The largest absolute Gasteiger partial charge is 0.383 e. The molecule has 1 amide bonds. The van der Waals surface area contributed by atoms with Gasteiger partial charge in [-0.1, -0.05) is 0 Å². The highest BCUT2D eigenvalue weighted by Crippen LogP contribution is 2.22. The fourth-order valence-electron chi connectivity index (χ4n) is 3.23. The molecule has 0 unspecified atom stereocenters. The van der Waals surface area contributed by atoms with E-state index in [4.69, 9.17) is 4.74 Å². The lowest BCUT2D eigenvalue weighted by Crippen LogP contribution is -2.48. The van der Waals surface area contributed by atoms with Gasteiger partial charge < -0.3 is 9.64 Å². The Kier molecular flexibility index (Phi) is 6.19. The average molecular weight is 333 g/mol. The number of nitrogens with zero attached hydrogens (tertiary/aromatic N) is 3. The fraction of sp³-hybridized carbons (Fsp3) is 0.929. The van der Waals surface area contributed by atoms with Gasteiger partial charge >= 0.3 is 0 Å². The quantitative estimate of drug-likeness (QED) is 0.684. The molecule has 0 aromatic rings. The molecule has 2 rings (SSSR count). The lowest BCUT2D eigenvalue weighted by Gasteiger charge is -2.28. The molecule has 2 aliphatic rings. The van der Waals surface area contributed by atoms with Gasteiger partial charge in [-0.15, -0.1) is 0 Å². The summed E-state index contributed by atoms with van der Waals surface area (Å²) in [6, 6.07) is -0.500. The van der Waals surface area contributed by atoms with Gasteiger partial charge in [-0.3, -0.25) is 9.69 Å². The Morgan fingerprint density at radius 2 is 1.91 bits per heavy atom. The minimum absolute atomic E-state index is 0.0310. The van der Waals surface area contributed by atoms with Crippen molar-refractivity contribution in [1.82, 2.24) is 14.1 Å². The lowest BCUT2D eigenvalue weighted by molar-refractivity contribution is -0.134. The van der Waals surface area contributed by atoms with Gasteiger partial charge in [0.25, 0.3) is 0 Å². The Hall–Kier alpha value is -0.700. The molecule has 0 saturated carbocycles. The monoisotopic (exact) mass is 333 g/mol. The molecule has 8 heteroatoms. The van der Waals surface area contributed by atoms with Gasteiger partial charge in [0.05, 0.1) is 12.9 Å². The van der Waals surface area contributed by atoms with Gasteiger partial charge in [0, 0.05) is 39.8 Å². The average Bonchev–Trinajstić information content (AvgIpc) is 2.85. The van der Waals surface area contributed by atoms with E-state index in [1.54, 1.807) is 7.11 Å². The summed E-state index contributed by atoms with van der Waals surface area (Å²) in [6.07, 6.45) is 3.50. The van der Waals surface area contributed by atoms with E-state index in [9.17, 15) is 13.2 Å². The highest BCUT2D eigenvalue weighted by molar-refractivity contribution is 7.88. The highest BCUT2D eigenvalue weighted by Gasteiger charge is 2.38. The van der Waals surface area contributed by atoms with Crippen molar-refractivity contribution in [2.75, 3.05) is 59.2 Å². The van der Waals surface area contributed by atoms with Gasteiger partial charge in [-0.05, 0) is 25.8 Å². The van der Waals surface area contributed by atoms with Crippen LogP contribution in [-0.2, 0) is 19.6 Å². The number of ether oxygens (including phenoxy) is 1. The van der Waals surface area contributed by atoms with Crippen LogP contribution in [0.4, 0.5) is 0 Å². The van der Waals surface area contributed by atoms with E-state index in [2.05, 4.69) is 4.90 Å². The van der Waals surface area contributed by atoms with Crippen molar-refractivity contribution >= 4 is 15.9 Å². The van der Waals surface area contributed by atoms with Crippen LogP contribution in [0.5, 0.6) is 0 Å². The molecule has 2 heterocycles. The van der Waals surface area contributed by atoms with Gasteiger partial charge in [0.15, 0.2) is 0 Å². The maximum Gasteiger partial charge on any atom is 0.241 e. The van der Waals surface area contributed by atoms with Crippen LogP contribution in [0.25, 0.3) is 0 Å². The number of rotatable bonds is 5. The van der Waals surface area contributed by atoms with Gasteiger partial charge in [-0.25, -0.2) is 8.42 Å². The van der Waals surface area contributed by atoms with Gasteiger partial charge in [0.1, 0.15) is 6.04 Å². The summed E-state index contributed by atoms with van der Waals surface area (Å²) in [5.41, 5.74) is 0. The number of carbonyl (C=O) groups is 1. The van der Waals surface area contributed by atoms with Crippen molar-refractivity contribution in [3.63, 3.8) is 0 Å². The van der Waals surface area contributed by atoms with Crippen molar-refractivity contribution in [3.8, 4) is 0 Å². The molecule has 22 heavy (non-hydrogen) atoms. The fourth-order valence-corrected chi connectivity index (χ4v) is 4.35. The van der Waals surface area contributed by atoms with E-state index in [-0.39, 0.29) is 5.91 Å². The Bertz CT molecular complexity index is 482. The number of methoxy groups -OCH3 is 1. The third-order valence-electron chi connectivity index (χ3n) is 4.43. The normalized spacial score (nSPS) is 25.4. The van der Waals surface area contributed by atoms with Crippen LogP contribution in [0.3, 0.4) is 0 Å². The van der Waals surface area contributed by atoms with E-state index >= 15 is 0 Å². The second kappa shape index (κ2) is 7.72. The second-order valence-electron chi connectivity index (χ2n) is 6.05. The van der Waals surface area contributed by atoms with Crippen LogP contribution in [0.2, 0.25) is 0 Å². The number of carbonyl (C=O) groups excluding carboxylic acids is 1. The van der Waals surface area contributed by atoms with Crippen LogP contribution in [0.15, 0.2) is 0 Å². The third-order valence-corrected chi connectivity index (χ3v) is 5.72. The first-order valence-electron chi connectivity index (χ1n) is 7.90. The summed E-state index contributed by atoms with van der Waals surface area (Å²) in [6.45, 7) is 5.17. The second-order valence-corrected chi connectivity index (χ2v) is 7.98. The first kappa shape index (κ1) is 17.7. The summed E-state index contributed by atoms with van der Waals surface area (Å²) in [5.74, 6) is -0.0310. The smallest absolute Gasteiger partial charge is 0.241 e. The molecule has 2 fully saturated rings. The van der Waals surface area contributed by atoms with E-state index in [1.807, 2.05) is 4.90 Å². The molecule has 0 spiro atoms. The topological polar surface area (TPSA) is 70.2 Å². The number of hydrogen-bond donors (Lipinski definition) is 0. The Balaban J connectivity index is 1.95. The van der Waals surface area contributed by atoms with E-state index in [0.717, 1.165) is 32.5 Å². The molecule has 0 aromatic carbocycles. The summed E-state index contributed by atoms with van der Waals surface area (Å²) < 4.78 is 30.1. The van der Waals surface area contributed by atoms with Crippen molar-refractivity contribution < 1.29 is 17.9 Å². The van der Waals surface area contributed by atoms with Crippen molar-refractivity contribution in [3.05, 3.63) is 0 Å². The number of sulfonamides is 1. The van der Waals surface area contributed by atoms with Crippen molar-refractivity contribution in [2.24, 2.45) is 0 Å². The Morgan fingerprint density at radius 1 is 1.14 bits per heavy atom. The van der Waals surface area contributed by atoms with Crippen LogP contribution >= 0.6 is 0 Å². The number of amides is 1. The summed E-state index contributed by atoms with van der Waals surface area (Å²) >= 11 is 0. The minimum atomic E-state index is -3.31. The predicted molar refractivity (Wildman–Crippen MR) is 84.1 cm³/mol. The molecule has 7 nitrogen and oxygen atoms in total. The molecule has 0 aromatic heterocycles. The SMILES string of the molecule is COCCN1CCCN(C(=O)[C@@H]2CCCN2S(C)(=O)=O)CC1. The molecular weight excluding hydrogens is 306 g/mol. The van der Waals surface area contributed by atoms with Crippen LogP contribution < -0.4 is 0 Å². The zero-order valence-electron chi connectivity index (χ0n) is 13.5. The predicted octanol–water partition coefficient (Wildman–Crippen LogP) is -0.409. The van der Waals surface area contributed by atoms with E-state index in [0.29, 0.717) is 32.7 Å². The summed E-state index contributed by atoms with van der Waals surface area (Å²) in [5, 5.41) is 0. The van der Waals surface area contributed by atoms with E-state index < -0.39 is 16.1 Å². The maximum atomic E-state index is 12.7. The molecule has 1 atom stereocenters. The minimum Gasteiger partial charge on any atom is -0.383 e. The Labute approximate surface area is 133 Å². The summed E-state index contributed by atoms with van der Waals surface area (Å²) in [7, 11) is -1.62. The molecular formula is C14H27N3O4S. The maximum absolute atomic E-state index is 12.7. The lowest BCUT2D eigenvalue weighted by atomic mass is 10.2. The molecule has 2 aliphatic heterocycles. The first-order valence-corrected chi connectivity index (χ1v) is 9.75. The van der Waals surface area contributed by atoms with Crippen LogP contribution in [-0.4, -0.2) is 93.7 Å². The van der Waals surface area contributed by atoms with Crippen LogP contribution in [0, 0.1) is 0 Å². The van der Waals surface area contributed by atoms with Gasteiger partial charge in [0.2, 0.25) is 15.9 Å². The molecule has 0 aliphatic carbocycles. The molecule has 0 radical (unpaired) electrons. The van der Waals surface area contributed by atoms with Crippen molar-refractivity contribution in [1.29, 1.82) is 0 Å². The molecule has 0 N–H and O–H groups in total. The molecule has 128 valence electrons. The zero-order chi connectivity index (χ0) is 16.2. The van der Waals surface area contributed by atoms with Gasteiger partial charge in [-0.2, -0.15) is 4.31 Å². The zero-order valence-corrected chi connectivity index (χ0v) is 14.3. The first-order chi connectivity index (χ1) is 10.4. The summed E-state index contributed by atoms with van der Waals surface area (Å²) in [4.78, 5) is 16.8. The highest BCUT2D eigenvalue weighted by atomic mass is 32.2. The molecule has 2 saturated heterocycles. The van der Waals surface area contributed by atoms with Crippen LogP contribution in [0.1, 0.15) is 19.3 Å². The van der Waals surface area contributed by atoms with Crippen molar-refractivity contribution in [2.45, 2.75) is 25.3 Å². The standard InChI is InChI=1S/C14H27N3O4S/c1-21-12-11-15-6-4-7-16(10-9-15)14(18)13-5-3-8-17(13)22(2,19)20/h13H,3-12H2,1-2H3/t13-/m0/s1.